The van der Waals surface area contributed by atoms with Gasteiger partial charge in [0.25, 0.3) is 0 Å². The zero-order chi connectivity index (χ0) is 15.1. The second kappa shape index (κ2) is 5.05. The lowest BCUT2D eigenvalue weighted by molar-refractivity contribution is 0.0686. The van der Waals surface area contributed by atoms with E-state index < -0.39 is 5.97 Å². The maximum absolute atomic E-state index is 11.6. The first-order chi connectivity index (χ1) is 9.21. The van der Waals surface area contributed by atoms with Crippen LogP contribution in [0.3, 0.4) is 0 Å². The minimum absolute atomic E-state index is 0.200. The second-order valence-corrected chi connectivity index (χ2v) is 6.68. The largest absolute Gasteiger partial charge is 0.477 e. The van der Waals surface area contributed by atoms with E-state index in [4.69, 9.17) is 0 Å². The predicted molar refractivity (Wildman–Crippen MR) is 81.7 cm³/mol. The summed E-state index contributed by atoms with van der Waals surface area (Å²) in [7, 11) is 0. The summed E-state index contributed by atoms with van der Waals surface area (Å²) in [6.07, 6.45) is 0. The normalized spacial score (nSPS) is 11.7. The maximum Gasteiger partial charge on any atom is 0.354 e. The average Bonchev–Trinajstić information content (AvgIpc) is 2.67. The van der Waals surface area contributed by atoms with E-state index in [-0.39, 0.29) is 11.1 Å². The first-order valence-corrected chi connectivity index (χ1v) is 7.10. The van der Waals surface area contributed by atoms with E-state index in [1.54, 1.807) is 0 Å². The molecule has 1 aromatic heterocycles. The van der Waals surface area contributed by atoms with E-state index in [9.17, 15) is 9.90 Å². The van der Waals surface area contributed by atoms with Crippen molar-refractivity contribution < 1.29 is 9.90 Å². The fourth-order valence-corrected chi connectivity index (χ4v) is 2.49. The molecule has 0 radical (unpaired) electrons. The molecule has 0 aliphatic rings. The van der Waals surface area contributed by atoms with E-state index in [1.807, 2.05) is 52.0 Å². The summed E-state index contributed by atoms with van der Waals surface area (Å²) >= 11 is 3.37. The molecule has 0 fully saturated rings. The first-order valence-electron chi connectivity index (χ1n) is 6.31. The number of carboxylic acids is 1. The van der Waals surface area contributed by atoms with Gasteiger partial charge in [-0.1, -0.05) is 36.7 Å². The van der Waals surface area contributed by atoms with Crippen LogP contribution in [0.4, 0.5) is 0 Å². The van der Waals surface area contributed by atoms with Crippen molar-refractivity contribution in [3.63, 3.8) is 0 Å². The molecule has 2 aromatic rings. The van der Waals surface area contributed by atoms with Crippen LogP contribution in [0.25, 0.3) is 5.69 Å². The lowest BCUT2D eigenvalue weighted by Crippen LogP contribution is -2.14. The van der Waals surface area contributed by atoms with Crippen molar-refractivity contribution in [1.29, 1.82) is 0 Å². The third-order valence-electron chi connectivity index (χ3n) is 3.11. The standard InChI is InChI=1S/C15H17BrN2O2/c1-9-12(14(19)20)18(17-13(9)15(2,3)4)11-7-5-10(16)6-8-11/h5-8H,1-4H3,(H,19,20). The monoisotopic (exact) mass is 336 g/mol. The molecule has 0 unspecified atom stereocenters. The summed E-state index contributed by atoms with van der Waals surface area (Å²) in [5.74, 6) is -0.964. The molecule has 0 amide bonds. The molecule has 1 N–H and O–H groups in total. The van der Waals surface area contributed by atoms with Crippen molar-refractivity contribution in [1.82, 2.24) is 9.78 Å². The van der Waals surface area contributed by atoms with Crippen LogP contribution < -0.4 is 0 Å². The minimum atomic E-state index is -0.964. The summed E-state index contributed by atoms with van der Waals surface area (Å²) in [6, 6.07) is 7.42. The Bertz CT molecular complexity index is 652. The quantitative estimate of drug-likeness (QED) is 0.903. The second-order valence-electron chi connectivity index (χ2n) is 5.77. The number of aromatic carboxylic acids is 1. The van der Waals surface area contributed by atoms with E-state index >= 15 is 0 Å². The van der Waals surface area contributed by atoms with Gasteiger partial charge < -0.3 is 5.11 Å². The first kappa shape index (κ1) is 14.8. The van der Waals surface area contributed by atoms with E-state index in [0.29, 0.717) is 5.56 Å². The van der Waals surface area contributed by atoms with E-state index in [0.717, 1.165) is 15.9 Å². The lowest BCUT2D eigenvalue weighted by atomic mass is 9.89. The Labute approximate surface area is 126 Å². The number of nitrogens with zero attached hydrogens (tertiary/aromatic N) is 2. The number of halogens is 1. The molecular formula is C15H17BrN2O2. The van der Waals surface area contributed by atoms with Crippen LogP contribution >= 0.6 is 15.9 Å². The molecule has 0 aliphatic heterocycles. The van der Waals surface area contributed by atoms with Crippen LogP contribution in [-0.4, -0.2) is 20.9 Å². The van der Waals surface area contributed by atoms with Crippen LogP contribution in [0.1, 0.15) is 42.5 Å². The Morgan fingerprint density at radius 2 is 1.80 bits per heavy atom. The molecule has 0 saturated carbocycles. The summed E-state index contributed by atoms with van der Waals surface area (Å²) in [5.41, 5.74) is 2.28. The molecule has 1 heterocycles. The summed E-state index contributed by atoms with van der Waals surface area (Å²) in [6.45, 7) is 7.89. The molecule has 5 heteroatoms. The fourth-order valence-electron chi connectivity index (χ4n) is 2.23. The predicted octanol–water partition coefficient (Wildman–Crippen LogP) is 3.94. The Kier molecular flexibility index (Phi) is 3.73. The van der Waals surface area contributed by atoms with E-state index in [1.165, 1.54) is 4.68 Å². The van der Waals surface area contributed by atoms with Crippen molar-refractivity contribution in [2.45, 2.75) is 33.1 Å². The van der Waals surface area contributed by atoms with Crippen LogP contribution in [0.2, 0.25) is 0 Å². The average molecular weight is 337 g/mol. The highest BCUT2D eigenvalue weighted by Gasteiger charge is 2.27. The molecule has 0 spiro atoms. The third kappa shape index (κ3) is 2.63. The van der Waals surface area contributed by atoms with Crippen molar-refractivity contribution in [2.75, 3.05) is 0 Å². The third-order valence-corrected chi connectivity index (χ3v) is 3.64. The molecule has 0 aliphatic carbocycles. The molecule has 0 saturated heterocycles. The Morgan fingerprint density at radius 3 is 2.25 bits per heavy atom. The van der Waals surface area contributed by atoms with E-state index in [2.05, 4.69) is 21.0 Å². The lowest BCUT2D eigenvalue weighted by Gasteiger charge is -2.16. The smallest absolute Gasteiger partial charge is 0.354 e. The number of carbonyl (C=O) groups is 1. The van der Waals surface area contributed by atoms with Crippen molar-refractivity contribution >= 4 is 21.9 Å². The Balaban J connectivity index is 2.69. The Hall–Kier alpha value is -1.62. The van der Waals surface area contributed by atoms with Gasteiger partial charge in [0.15, 0.2) is 5.69 Å². The summed E-state index contributed by atoms with van der Waals surface area (Å²) in [4.78, 5) is 11.6. The van der Waals surface area contributed by atoms with Gasteiger partial charge in [-0.25, -0.2) is 9.48 Å². The maximum atomic E-state index is 11.6. The molecule has 0 bridgehead atoms. The molecular weight excluding hydrogens is 320 g/mol. The molecule has 106 valence electrons. The van der Waals surface area contributed by atoms with Crippen LogP contribution in [0, 0.1) is 6.92 Å². The molecule has 0 atom stereocenters. The van der Waals surface area contributed by atoms with Crippen LogP contribution in [-0.2, 0) is 5.41 Å². The van der Waals surface area contributed by atoms with Gasteiger partial charge >= 0.3 is 5.97 Å². The van der Waals surface area contributed by atoms with Crippen molar-refractivity contribution in [3.05, 3.63) is 45.7 Å². The van der Waals surface area contributed by atoms with Crippen molar-refractivity contribution in [2.24, 2.45) is 0 Å². The van der Waals surface area contributed by atoms with Gasteiger partial charge in [-0.2, -0.15) is 5.10 Å². The zero-order valence-electron chi connectivity index (χ0n) is 11.9. The number of benzene rings is 1. The minimum Gasteiger partial charge on any atom is -0.477 e. The van der Waals surface area contributed by atoms with Crippen molar-refractivity contribution in [3.8, 4) is 5.69 Å². The number of hydrogen-bond donors (Lipinski definition) is 1. The molecule has 1 aromatic carbocycles. The number of hydrogen-bond acceptors (Lipinski definition) is 2. The highest BCUT2D eigenvalue weighted by atomic mass is 79.9. The van der Waals surface area contributed by atoms with Gasteiger partial charge in [-0.05, 0) is 31.2 Å². The highest BCUT2D eigenvalue weighted by Crippen LogP contribution is 2.28. The fraction of sp³-hybridized carbons (Fsp3) is 0.333. The number of rotatable bonds is 2. The van der Waals surface area contributed by atoms with Gasteiger partial charge in [-0.15, -0.1) is 0 Å². The van der Waals surface area contributed by atoms with Gasteiger partial charge in [0, 0.05) is 15.5 Å². The Morgan fingerprint density at radius 1 is 1.25 bits per heavy atom. The SMILES string of the molecule is Cc1c(C(C)(C)C)nn(-c2ccc(Br)cc2)c1C(=O)O. The number of carboxylic acid groups (broad SMARTS) is 1. The topological polar surface area (TPSA) is 55.1 Å². The zero-order valence-corrected chi connectivity index (χ0v) is 13.5. The van der Waals surface area contributed by atoms with Gasteiger partial charge in [0.2, 0.25) is 0 Å². The molecule has 20 heavy (non-hydrogen) atoms. The summed E-state index contributed by atoms with van der Waals surface area (Å²) in [5, 5.41) is 14.0. The summed E-state index contributed by atoms with van der Waals surface area (Å²) < 4.78 is 2.45. The molecule has 4 nitrogen and oxygen atoms in total. The molecule has 2 rings (SSSR count). The van der Waals surface area contributed by atoms with Gasteiger partial charge in [0.05, 0.1) is 11.4 Å². The van der Waals surface area contributed by atoms with Gasteiger partial charge in [0.1, 0.15) is 0 Å². The van der Waals surface area contributed by atoms with Crippen LogP contribution in [0.5, 0.6) is 0 Å². The van der Waals surface area contributed by atoms with Crippen LogP contribution in [0.15, 0.2) is 28.7 Å². The van der Waals surface area contributed by atoms with Gasteiger partial charge in [-0.3, -0.25) is 0 Å². The number of aromatic nitrogens is 2. The highest BCUT2D eigenvalue weighted by molar-refractivity contribution is 9.10.